The molecule has 1 aromatic rings. The van der Waals surface area contributed by atoms with Crippen molar-refractivity contribution < 1.29 is 19.2 Å². The van der Waals surface area contributed by atoms with Crippen molar-refractivity contribution in [2.45, 2.75) is 32.4 Å². The Balaban J connectivity index is 2.16. The standard InChI is InChI=1S/C12H16N4O5/c1-8-13-6-10(16(19)20)15(8)7-11(17)14-5-3-4-9(14)12(18)21-2/h6,9H,3-5,7H2,1-2H3/t9-/m0/s1. The van der Waals surface area contributed by atoms with Crippen LogP contribution in [-0.2, 0) is 20.9 Å². The van der Waals surface area contributed by atoms with Gasteiger partial charge in [-0.25, -0.2) is 14.3 Å². The summed E-state index contributed by atoms with van der Waals surface area (Å²) in [6.45, 7) is 1.82. The Hall–Kier alpha value is -2.45. The van der Waals surface area contributed by atoms with Crippen LogP contribution in [0.1, 0.15) is 18.7 Å². The molecule has 9 nitrogen and oxygen atoms in total. The molecule has 0 aliphatic carbocycles. The number of aromatic nitrogens is 2. The first-order valence-electron chi connectivity index (χ1n) is 6.49. The molecule has 1 aromatic heterocycles. The van der Waals surface area contributed by atoms with E-state index in [1.807, 2.05) is 0 Å². The van der Waals surface area contributed by atoms with Gasteiger partial charge in [0.05, 0.1) is 7.11 Å². The molecule has 1 aliphatic heterocycles. The van der Waals surface area contributed by atoms with Crippen LogP contribution in [0.25, 0.3) is 0 Å². The van der Waals surface area contributed by atoms with E-state index >= 15 is 0 Å². The van der Waals surface area contributed by atoms with E-state index in [9.17, 15) is 19.7 Å². The smallest absolute Gasteiger partial charge is 0.343 e. The van der Waals surface area contributed by atoms with Crippen molar-refractivity contribution in [3.8, 4) is 0 Å². The molecular formula is C12H16N4O5. The van der Waals surface area contributed by atoms with Gasteiger partial charge in [0.2, 0.25) is 0 Å². The number of aryl methyl sites for hydroxylation is 1. The lowest BCUT2D eigenvalue weighted by Gasteiger charge is -2.22. The number of rotatable bonds is 4. The summed E-state index contributed by atoms with van der Waals surface area (Å²) < 4.78 is 5.91. The SMILES string of the molecule is COC(=O)[C@@H]1CCCN1C(=O)Cn1c([N+](=O)[O-])cnc1C. The highest BCUT2D eigenvalue weighted by Gasteiger charge is 2.36. The number of carbonyl (C=O) groups excluding carboxylic acids is 2. The molecule has 9 heteroatoms. The van der Waals surface area contributed by atoms with E-state index < -0.39 is 16.9 Å². The molecule has 0 unspecified atom stereocenters. The molecular weight excluding hydrogens is 280 g/mol. The van der Waals surface area contributed by atoms with Crippen LogP contribution in [0.2, 0.25) is 0 Å². The molecule has 114 valence electrons. The van der Waals surface area contributed by atoms with Gasteiger partial charge in [-0.15, -0.1) is 0 Å². The molecule has 0 radical (unpaired) electrons. The Morgan fingerprint density at radius 2 is 2.29 bits per heavy atom. The quantitative estimate of drug-likeness (QED) is 0.448. The van der Waals surface area contributed by atoms with Crippen molar-refractivity contribution >= 4 is 17.7 Å². The summed E-state index contributed by atoms with van der Waals surface area (Å²) >= 11 is 0. The molecule has 1 saturated heterocycles. The van der Waals surface area contributed by atoms with Crippen LogP contribution >= 0.6 is 0 Å². The van der Waals surface area contributed by atoms with E-state index in [-0.39, 0.29) is 18.3 Å². The lowest BCUT2D eigenvalue weighted by Crippen LogP contribution is -2.42. The molecule has 2 heterocycles. The van der Waals surface area contributed by atoms with Crippen LogP contribution in [-0.4, -0.2) is 50.9 Å². The molecule has 1 atom stereocenters. The third-order valence-electron chi connectivity index (χ3n) is 3.56. The van der Waals surface area contributed by atoms with Crippen molar-refractivity contribution in [1.82, 2.24) is 14.5 Å². The number of carbonyl (C=O) groups is 2. The first-order valence-corrected chi connectivity index (χ1v) is 6.49. The highest BCUT2D eigenvalue weighted by molar-refractivity contribution is 5.85. The summed E-state index contributed by atoms with van der Waals surface area (Å²) in [7, 11) is 1.27. The van der Waals surface area contributed by atoms with E-state index in [1.54, 1.807) is 6.92 Å². The van der Waals surface area contributed by atoms with Crippen molar-refractivity contribution in [2.24, 2.45) is 0 Å². The number of likely N-dealkylation sites (tertiary alicyclic amines) is 1. The average molecular weight is 296 g/mol. The summed E-state index contributed by atoms with van der Waals surface area (Å²) in [5.74, 6) is -0.677. The van der Waals surface area contributed by atoms with E-state index in [4.69, 9.17) is 0 Å². The summed E-state index contributed by atoms with van der Waals surface area (Å²) in [5, 5.41) is 10.9. The fraction of sp³-hybridized carbons (Fsp3) is 0.583. The largest absolute Gasteiger partial charge is 0.467 e. The minimum atomic E-state index is -0.606. The first kappa shape index (κ1) is 14.9. The second-order valence-electron chi connectivity index (χ2n) is 4.78. The minimum Gasteiger partial charge on any atom is -0.467 e. The van der Waals surface area contributed by atoms with Crippen molar-refractivity contribution in [2.75, 3.05) is 13.7 Å². The Kier molecular flexibility index (Phi) is 4.20. The van der Waals surface area contributed by atoms with Gasteiger partial charge < -0.3 is 19.8 Å². The van der Waals surface area contributed by atoms with Gasteiger partial charge >= 0.3 is 11.8 Å². The molecule has 2 rings (SSSR count). The van der Waals surface area contributed by atoms with Crippen LogP contribution in [0.15, 0.2) is 6.20 Å². The van der Waals surface area contributed by atoms with Crippen LogP contribution in [0.4, 0.5) is 5.82 Å². The third-order valence-corrected chi connectivity index (χ3v) is 3.56. The second kappa shape index (κ2) is 5.90. The zero-order chi connectivity index (χ0) is 15.6. The number of amides is 1. The van der Waals surface area contributed by atoms with Crippen LogP contribution in [0.5, 0.6) is 0 Å². The Morgan fingerprint density at radius 3 is 2.90 bits per heavy atom. The molecule has 0 spiro atoms. The van der Waals surface area contributed by atoms with Crippen LogP contribution in [0, 0.1) is 17.0 Å². The Morgan fingerprint density at radius 1 is 1.57 bits per heavy atom. The van der Waals surface area contributed by atoms with Gasteiger partial charge in [0.25, 0.3) is 5.91 Å². The molecule has 0 N–H and O–H groups in total. The Labute approximate surface area is 120 Å². The molecule has 21 heavy (non-hydrogen) atoms. The lowest BCUT2D eigenvalue weighted by atomic mass is 10.2. The number of ether oxygens (including phenoxy) is 1. The summed E-state index contributed by atoms with van der Waals surface area (Å²) in [6, 6.07) is -0.606. The molecule has 1 amide bonds. The van der Waals surface area contributed by atoms with Gasteiger partial charge in [0, 0.05) is 13.5 Å². The Bertz CT molecular complexity index is 582. The van der Waals surface area contributed by atoms with Gasteiger partial charge in [-0.2, -0.15) is 0 Å². The molecule has 0 aromatic carbocycles. The van der Waals surface area contributed by atoms with E-state index in [1.165, 1.54) is 16.6 Å². The van der Waals surface area contributed by atoms with Crippen LogP contribution in [0.3, 0.4) is 0 Å². The fourth-order valence-corrected chi connectivity index (χ4v) is 2.47. The summed E-state index contributed by atoms with van der Waals surface area (Å²) in [6.07, 6.45) is 2.37. The first-order chi connectivity index (χ1) is 9.95. The minimum absolute atomic E-state index is 0.213. The van der Waals surface area contributed by atoms with Gasteiger partial charge in [-0.05, 0) is 17.8 Å². The number of methoxy groups -OCH3 is 1. The predicted octanol–water partition coefficient (Wildman–Crippen LogP) is 0.264. The normalized spacial score (nSPS) is 17.8. The van der Waals surface area contributed by atoms with Crippen molar-refractivity contribution in [3.63, 3.8) is 0 Å². The topological polar surface area (TPSA) is 108 Å². The lowest BCUT2D eigenvalue weighted by molar-refractivity contribution is -0.392. The van der Waals surface area contributed by atoms with E-state index in [2.05, 4.69) is 9.72 Å². The highest BCUT2D eigenvalue weighted by atomic mass is 16.6. The van der Waals surface area contributed by atoms with Gasteiger partial charge in [-0.3, -0.25) is 4.79 Å². The maximum absolute atomic E-state index is 12.3. The zero-order valence-corrected chi connectivity index (χ0v) is 11.8. The molecule has 1 aliphatic rings. The van der Waals surface area contributed by atoms with Crippen molar-refractivity contribution in [1.29, 1.82) is 0 Å². The number of hydrogen-bond acceptors (Lipinski definition) is 6. The van der Waals surface area contributed by atoms with Gasteiger partial charge in [0.15, 0.2) is 12.4 Å². The van der Waals surface area contributed by atoms with Gasteiger partial charge in [-0.1, -0.05) is 0 Å². The molecule has 1 fully saturated rings. The van der Waals surface area contributed by atoms with E-state index in [0.717, 1.165) is 6.20 Å². The number of nitrogens with zero attached hydrogens (tertiary/aromatic N) is 4. The fourth-order valence-electron chi connectivity index (χ4n) is 2.47. The van der Waals surface area contributed by atoms with Crippen molar-refractivity contribution in [3.05, 3.63) is 22.1 Å². The van der Waals surface area contributed by atoms with Crippen LogP contribution < -0.4 is 0 Å². The number of esters is 1. The van der Waals surface area contributed by atoms with E-state index in [0.29, 0.717) is 25.2 Å². The maximum Gasteiger partial charge on any atom is 0.343 e. The monoisotopic (exact) mass is 296 g/mol. The number of imidazole rings is 1. The second-order valence-corrected chi connectivity index (χ2v) is 4.78. The maximum atomic E-state index is 12.3. The van der Waals surface area contributed by atoms with Gasteiger partial charge in [0.1, 0.15) is 12.2 Å². The summed E-state index contributed by atoms with van der Waals surface area (Å²) in [5.41, 5.74) is 0. The molecule has 0 saturated carbocycles. The average Bonchev–Trinajstić information content (AvgIpc) is 3.05. The highest BCUT2D eigenvalue weighted by Crippen LogP contribution is 2.20. The number of hydrogen-bond donors (Lipinski definition) is 0. The third kappa shape index (κ3) is 2.86. The summed E-state index contributed by atoms with van der Waals surface area (Å²) in [4.78, 5) is 39.5. The zero-order valence-electron chi connectivity index (χ0n) is 11.8. The molecule has 0 bridgehead atoms. The number of nitro groups is 1. The predicted molar refractivity (Wildman–Crippen MR) is 70.4 cm³/mol.